The quantitative estimate of drug-likeness (QED) is 0.760. The molecule has 1 saturated heterocycles. The van der Waals surface area contributed by atoms with Crippen molar-refractivity contribution in [1.82, 2.24) is 19.7 Å². The van der Waals surface area contributed by atoms with Crippen molar-refractivity contribution in [3.05, 3.63) is 30.1 Å². The van der Waals surface area contributed by atoms with Crippen molar-refractivity contribution in [1.29, 1.82) is 0 Å². The maximum absolute atomic E-state index is 13.1. The van der Waals surface area contributed by atoms with Gasteiger partial charge in [-0.2, -0.15) is 5.10 Å². The highest BCUT2D eigenvalue weighted by molar-refractivity contribution is 6.08. The zero-order valence-corrected chi connectivity index (χ0v) is 18.1. The molecule has 0 aromatic heterocycles. The van der Waals surface area contributed by atoms with Crippen molar-refractivity contribution in [2.75, 3.05) is 51.6 Å². The van der Waals surface area contributed by atoms with Crippen molar-refractivity contribution in [2.45, 2.75) is 25.9 Å². The monoisotopic (exact) mass is 429 g/mol. The number of hydrogen-bond acceptors (Lipinski definition) is 7. The van der Waals surface area contributed by atoms with Crippen molar-refractivity contribution in [2.24, 2.45) is 10.1 Å². The minimum atomic E-state index is -0.361. The van der Waals surface area contributed by atoms with Gasteiger partial charge in [0.05, 0.1) is 12.3 Å². The molecule has 31 heavy (non-hydrogen) atoms. The van der Waals surface area contributed by atoms with Crippen LogP contribution in [0.15, 0.2) is 34.4 Å². The number of nitrogens with zero attached hydrogens (tertiary/aromatic N) is 6. The second-order valence-electron chi connectivity index (χ2n) is 8.03. The molecule has 3 aliphatic rings. The molecule has 2 atom stereocenters. The van der Waals surface area contributed by atoms with Gasteiger partial charge in [0, 0.05) is 45.5 Å². The molecule has 4 rings (SSSR count). The van der Waals surface area contributed by atoms with Crippen LogP contribution in [0.3, 0.4) is 0 Å². The summed E-state index contributed by atoms with van der Waals surface area (Å²) < 4.78 is 13.0. The van der Waals surface area contributed by atoms with Crippen LogP contribution < -0.4 is 5.32 Å². The number of nitrogens with one attached hydrogen (secondary N) is 1. The van der Waals surface area contributed by atoms with E-state index in [1.807, 2.05) is 20.9 Å². The van der Waals surface area contributed by atoms with Gasteiger partial charge in [-0.1, -0.05) is 0 Å². The number of hydrogen-bond donors (Lipinski definition) is 1. The second-order valence-corrected chi connectivity index (χ2v) is 8.03. The van der Waals surface area contributed by atoms with Crippen LogP contribution >= 0.6 is 0 Å². The smallest absolute Gasteiger partial charge is 0.256 e. The topological polar surface area (TPSA) is 83.8 Å². The fourth-order valence-corrected chi connectivity index (χ4v) is 4.31. The molecule has 0 unspecified atom stereocenters. The van der Waals surface area contributed by atoms with Crippen LogP contribution in [0.25, 0.3) is 0 Å². The molecule has 1 fully saturated rings. The summed E-state index contributed by atoms with van der Waals surface area (Å²) in [6.45, 7) is 7.39. The summed E-state index contributed by atoms with van der Waals surface area (Å²) in [7, 11) is 1.82. The third-order valence-electron chi connectivity index (χ3n) is 5.93. The van der Waals surface area contributed by atoms with Crippen molar-refractivity contribution >= 4 is 29.2 Å². The molecule has 1 aromatic carbocycles. The fourth-order valence-electron chi connectivity index (χ4n) is 4.31. The van der Waals surface area contributed by atoms with E-state index in [9.17, 15) is 14.0 Å². The number of piperazine rings is 1. The molecule has 0 radical (unpaired) electrons. The van der Waals surface area contributed by atoms with E-state index in [0.29, 0.717) is 44.4 Å². The molecule has 0 spiro atoms. The number of aliphatic imine (C=N–C) groups is 1. The van der Waals surface area contributed by atoms with Crippen LogP contribution in [0, 0.1) is 5.82 Å². The molecule has 3 aliphatic heterocycles. The van der Waals surface area contributed by atoms with Gasteiger partial charge in [0.2, 0.25) is 11.9 Å². The first-order valence-electron chi connectivity index (χ1n) is 10.6. The molecular formula is C21H28FN7O2. The Hall–Kier alpha value is -3.01. The number of carbonyl (C=O) groups excluding carboxylic acids is 2. The summed E-state index contributed by atoms with van der Waals surface area (Å²) in [6.07, 6.45) is 0. The molecule has 10 heteroatoms. The number of anilines is 1. The number of fused-ring (bicyclic) bond motifs is 1. The summed E-state index contributed by atoms with van der Waals surface area (Å²) in [5.41, 5.74) is 1.43. The van der Waals surface area contributed by atoms with Gasteiger partial charge in [-0.25, -0.2) is 9.38 Å². The Morgan fingerprint density at radius 2 is 1.87 bits per heavy atom. The van der Waals surface area contributed by atoms with Crippen LogP contribution in [0.5, 0.6) is 0 Å². The lowest BCUT2D eigenvalue weighted by Gasteiger charge is -2.42. The molecule has 166 valence electrons. The summed E-state index contributed by atoms with van der Waals surface area (Å²) in [5, 5.41) is 8.92. The number of carbonyl (C=O) groups is 2. The van der Waals surface area contributed by atoms with Gasteiger partial charge in [0.25, 0.3) is 5.91 Å². The second kappa shape index (κ2) is 8.62. The molecule has 3 heterocycles. The average Bonchev–Trinajstić information content (AvgIpc) is 3.04. The van der Waals surface area contributed by atoms with E-state index in [-0.39, 0.29) is 36.3 Å². The SMILES string of the molecule is CCN1C(=O)[C@H]2[C@@H](N=C1N1CCN(CC(=O)Nc3ccc(F)cc3)CC1)C(C)=NN2C. The van der Waals surface area contributed by atoms with Gasteiger partial charge in [0.1, 0.15) is 11.9 Å². The van der Waals surface area contributed by atoms with E-state index < -0.39 is 0 Å². The van der Waals surface area contributed by atoms with Gasteiger partial charge in [0.15, 0.2) is 6.04 Å². The highest BCUT2D eigenvalue weighted by Gasteiger charge is 2.46. The van der Waals surface area contributed by atoms with Crippen LogP contribution in [-0.4, -0.2) is 102 Å². The maximum atomic E-state index is 13.1. The summed E-state index contributed by atoms with van der Waals surface area (Å²) in [6, 6.07) is 5.12. The highest BCUT2D eigenvalue weighted by atomic mass is 19.1. The maximum Gasteiger partial charge on any atom is 0.256 e. The number of guanidine groups is 1. The lowest BCUT2D eigenvalue weighted by Crippen LogP contribution is -2.62. The van der Waals surface area contributed by atoms with E-state index in [4.69, 9.17) is 4.99 Å². The van der Waals surface area contributed by atoms with Gasteiger partial charge in [-0.3, -0.25) is 24.4 Å². The van der Waals surface area contributed by atoms with Crippen molar-refractivity contribution in [3.63, 3.8) is 0 Å². The minimum absolute atomic E-state index is 0.0294. The Labute approximate surface area is 181 Å². The number of amides is 2. The predicted molar refractivity (Wildman–Crippen MR) is 116 cm³/mol. The van der Waals surface area contributed by atoms with E-state index in [1.54, 1.807) is 22.0 Å². The van der Waals surface area contributed by atoms with Gasteiger partial charge >= 0.3 is 0 Å². The Morgan fingerprint density at radius 1 is 1.19 bits per heavy atom. The summed E-state index contributed by atoms with van der Waals surface area (Å²) in [5.74, 6) is 0.260. The average molecular weight is 430 g/mol. The predicted octanol–water partition coefficient (Wildman–Crippen LogP) is 0.658. The molecule has 2 amide bonds. The first-order valence-corrected chi connectivity index (χ1v) is 10.6. The number of hydrazone groups is 1. The van der Waals surface area contributed by atoms with Crippen LogP contribution in [0.4, 0.5) is 10.1 Å². The zero-order valence-electron chi connectivity index (χ0n) is 18.1. The first kappa shape index (κ1) is 21.2. The number of benzene rings is 1. The number of halogens is 1. The van der Waals surface area contributed by atoms with Crippen LogP contribution in [0.1, 0.15) is 13.8 Å². The van der Waals surface area contributed by atoms with E-state index in [1.165, 1.54) is 12.1 Å². The molecule has 0 aliphatic carbocycles. The first-order chi connectivity index (χ1) is 14.9. The Kier molecular flexibility index (Phi) is 5.90. The lowest BCUT2D eigenvalue weighted by molar-refractivity contribution is -0.133. The van der Waals surface area contributed by atoms with Crippen LogP contribution in [0.2, 0.25) is 0 Å². The molecule has 0 saturated carbocycles. The van der Waals surface area contributed by atoms with Crippen LogP contribution in [-0.2, 0) is 9.59 Å². The Balaban J connectivity index is 1.36. The minimum Gasteiger partial charge on any atom is -0.340 e. The number of likely N-dealkylation sites (N-methyl/N-ethyl adjacent to an activating group) is 2. The number of rotatable bonds is 4. The fraction of sp³-hybridized carbons (Fsp3) is 0.524. The largest absolute Gasteiger partial charge is 0.340 e. The van der Waals surface area contributed by atoms with E-state index >= 15 is 0 Å². The van der Waals surface area contributed by atoms with Gasteiger partial charge in [-0.15, -0.1) is 0 Å². The summed E-state index contributed by atoms with van der Waals surface area (Å²) >= 11 is 0. The standard InChI is InChI=1S/C21H28FN7O2/c1-4-29-20(31)19-18(14(2)25-26(19)3)24-21(29)28-11-9-27(10-12-28)13-17(30)23-16-7-5-15(22)6-8-16/h5-8,18-19H,4,9-13H2,1-3H3,(H,23,30)/t18-,19+/m0/s1. The Bertz CT molecular complexity index is 909. The van der Waals surface area contributed by atoms with Gasteiger partial charge < -0.3 is 10.2 Å². The normalized spacial score (nSPS) is 24.1. The molecule has 9 nitrogen and oxygen atoms in total. The van der Waals surface area contributed by atoms with E-state index in [0.717, 1.165) is 5.71 Å². The molecule has 0 bridgehead atoms. The Morgan fingerprint density at radius 3 is 2.52 bits per heavy atom. The third kappa shape index (κ3) is 4.25. The lowest BCUT2D eigenvalue weighted by atomic mass is 10.0. The molecule has 1 N–H and O–H groups in total. The third-order valence-corrected chi connectivity index (χ3v) is 5.93. The molecule has 1 aromatic rings. The van der Waals surface area contributed by atoms with E-state index in [2.05, 4.69) is 20.2 Å². The van der Waals surface area contributed by atoms with Crippen molar-refractivity contribution in [3.8, 4) is 0 Å². The van der Waals surface area contributed by atoms with Crippen molar-refractivity contribution < 1.29 is 14.0 Å². The zero-order chi connectivity index (χ0) is 22.1. The summed E-state index contributed by atoms with van der Waals surface area (Å²) in [4.78, 5) is 36.2. The highest BCUT2D eigenvalue weighted by Crippen LogP contribution is 2.25. The van der Waals surface area contributed by atoms with Gasteiger partial charge in [-0.05, 0) is 38.1 Å². The molecular weight excluding hydrogens is 401 g/mol.